The Labute approximate surface area is 319 Å². The monoisotopic (exact) mass is 814 g/mol. The lowest BCUT2D eigenvalue weighted by molar-refractivity contribution is -0.145. The second-order valence-corrected chi connectivity index (χ2v) is 13.0. The molecule has 16 N–H and O–H groups in total. The second-order valence-electron chi connectivity index (χ2n) is 13.0. The van der Waals surface area contributed by atoms with E-state index in [4.69, 9.17) is 10.2 Å². The largest absolute Gasteiger partial charge is 0.481 e. The summed E-state index contributed by atoms with van der Waals surface area (Å²) in [7, 11) is 0. The van der Waals surface area contributed by atoms with Gasteiger partial charge in [-0.25, -0.2) is 4.79 Å². The van der Waals surface area contributed by atoms with Gasteiger partial charge in [-0.2, -0.15) is 0 Å². The van der Waals surface area contributed by atoms with E-state index in [1.165, 1.54) is 13.8 Å². The third-order valence-corrected chi connectivity index (χ3v) is 8.36. The van der Waals surface area contributed by atoms with Crippen LogP contribution in [0.5, 0.6) is 0 Å². The molecule has 12 atom stereocenters. The van der Waals surface area contributed by atoms with Crippen LogP contribution in [0.15, 0.2) is 0 Å². The van der Waals surface area contributed by atoms with Crippen molar-refractivity contribution in [2.24, 2.45) is 11.8 Å². The van der Waals surface area contributed by atoms with Gasteiger partial charge in [-0.3, -0.25) is 33.6 Å². The lowest BCUT2D eigenvalue weighted by Gasteiger charge is -2.27. The van der Waals surface area contributed by atoms with Crippen molar-refractivity contribution in [2.45, 2.75) is 113 Å². The predicted molar refractivity (Wildman–Crippen MR) is 183 cm³/mol. The van der Waals surface area contributed by atoms with E-state index < -0.39 is 178 Å². The normalized spacial score (nSPS) is 17.9. The number of ketones is 2. The van der Waals surface area contributed by atoms with Crippen molar-refractivity contribution < 1.29 is 99.6 Å². The first-order valence-corrected chi connectivity index (χ1v) is 17.3. The standard InChI is InChI=1S/C32H54N4O20/c1-3-15(39)7-18(32(55)56)36-30(53)14(6-24(46)47)5-16(40)8-17(31(54)34-10-20(42)26(49)28(51)22(44)12-38)35-29(52)13(2)4-23(45)33-9-19(41)25(48)27(50)21(43)11-37/h13-14,17-22,25-28,37-38,41-44,48-51H,3-12H2,1-2H3,(H,33,45)(H,34,54)(H,35,52)(H,36,53)(H,46,47)(H,55,56). The number of amides is 4. The molecule has 0 bridgehead atoms. The zero-order chi connectivity index (χ0) is 43.4. The minimum absolute atomic E-state index is 0.0769. The molecule has 0 aromatic heterocycles. The van der Waals surface area contributed by atoms with Crippen LogP contribution >= 0.6 is 0 Å². The number of aliphatic carboxylic acids is 2. The highest BCUT2D eigenvalue weighted by atomic mass is 16.4. The summed E-state index contributed by atoms with van der Waals surface area (Å²) in [6, 6.07) is -3.66. The highest BCUT2D eigenvalue weighted by Gasteiger charge is 2.35. The number of aliphatic hydroxyl groups excluding tert-OH is 10. The molecule has 24 nitrogen and oxygen atoms in total. The van der Waals surface area contributed by atoms with Crippen LogP contribution < -0.4 is 21.3 Å². The number of Topliss-reactive ketones (excluding diaryl/α,β-unsaturated/α-hetero) is 2. The van der Waals surface area contributed by atoms with Gasteiger partial charge in [-0.15, -0.1) is 0 Å². The zero-order valence-electron chi connectivity index (χ0n) is 30.6. The summed E-state index contributed by atoms with van der Waals surface area (Å²) in [6.07, 6.45) is -20.1. The van der Waals surface area contributed by atoms with Crippen LogP contribution in [0.1, 0.15) is 52.4 Å². The van der Waals surface area contributed by atoms with Gasteiger partial charge in [0.15, 0.2) is 0 Å². The molecule has 0 aliphatic heterocycles. The number of rotatable bonds is 29. The summed E-state index contributed by atoms with van der Waals surface area (Å²) in [4.78, 5) is 99.7. The van der Waals surface area contributed by atoms with Gasteiger partial charge in [0.1, 0.15) is 60.3 Å². The molecule has 0 aromatic rings. The van der Waals surface area contributed by atoms with E-state index in [9.17, 15) is 89.4 Å². The van der Waals surface area contributed by atoms with Crippen molar-refractivity contribution in [2.75, 3.05) is 26.3 Å². The Bertz CT molecular complexity index is 1340. The number of hydrogen-bond donors (Lipinski definition) is 16. The molecular formula is C32H54N4O20. The fraction of sp³-hybridized carbons (Fsp3) is 0.750. The first kappa shape index (κ1) is 51.8. The van der Waals surface area contributed by atoms with Crippen molar-refractivity contribution in [3.05, 3.63) is 0 Å². The van der Waals surface area contributed by atoms with Crippen LogP contribution in [0, 0.1) is 11.8 Å². The number of aliphatic hydroxyl groups is 10. The predicted octanol–water partition coefficient (Wildman–Crippen LogP) is -8.02. The molecule has 56 heavy (non-hydrogen) atoms. The summed E-state index contributed by atoms with van der Waals surface area (Å²) in [5.74, 6) is -12.3. The molecule has 0 heterocycles. The Kier molecular flexibility index (Phi) is 23.9. The number of nitrogens with one attached hydrogen (secondary N) is 4. The number of carboxylic acids is 2. The average molecular weight is 815 g/mol. The lowest BCUT2D eigenvalue weighted by Crippen LogP contribution is -2.54. The molecule has 0 aliphatic carbocycles. The molecular weight excluding hydrogens is 760 g/mol. The Morgan fingerprint density at radius 1 is 0.518 bits per heavy atom. The molecule has 0 fully saturated rings. The molecule has 24 heteroatoms. The Morgan fingerprint density at radius 3 is 1.41 bits per heavy atom. The zero-order valence-corrected chi connectivity index (χ0v) is 30.6. The molecule has 12 unspecified atom stereocenters. The highest BCUT2D eigenvalue weighted by molar-refractivity contribution is 5.96. The van der Waals surface area contributed by atoms with E-state index in [2.05, 4.69) is 16.0 Å². The third kappa shape index (κ3) is 18.6. The Hall–Kier alpha value is -4.24. The van der Waals surface area contributed by atoms with Gasteiger partial charge in [0.25, 0.3) is 0 Å². The maximum absolute atomic E-state index is 13.2. The van der Waals surface area contributed by atoms with Crippen molar-refractivity contribution in [1.82, 2.24) is 21.3 Å². The first-order valence-electron chi connectivity index (χ1n) is 17.3. The van der Waals surface area contributed by atoms with Gasteiger partial charge in [0.2, 0.25) is 23.6 Å². The van der Waals surface area contributed by atoms with Crippen LogP contribution in [0.25, 0.3) is 0 Å². The van der Waals surface area contributed by atoms with Gasteiger partial charge in [0, 0.05) is 51.1 Å². The number of carbonyl (C=O) groups is 8. The third-order valence-electron chi connectivity index (χ3n) is 8.36. The molecule has 0 spiro atoms. The molecule has 322 valence electrons. The summed E-state index contributed by atoms with van der Waals surface area (Å²) in [6.45, 7) is -0.939. The van der Waals surface area contributed by atoms with Crippen LogP contribution in [0.4, 0.5) is 0 Å². The lowest BCUT2D eigenvalue weighted by atomic mass is 9.93. The van der Waals surface area contributed by atoms with Gasteiger partial charge < -0.3 is 82.5 Å². The van der Waals surface area contributed by atoms with E-state index in [1.54, 1.807) is 0 Å². The van der Waals surface area contributed by atoms with Gasteiger partial charge in [-0.05, 0) is 0 Å². The van der Waals surface area contributed by atoms with Crippen LogP contribution in [-0.2, 0) is 38.4 Å². The highest BCUT2D eigenvalue weighted by Crippen LogP contribution is 2.15. The molecule has 0 rings (SSSR count). The topological polar surface area (TPSA) is 427 Å². The smallest absolute Gasteiger partial charge is 0.326 e. The molecule has 0 radical (unpaired) electrons. The summed E-state index contributed by atoms with van der Waals surface area (Å²) < 4.78 is 0. The minimum Gasteiger partial charge on any atom is -0.481 e. The summed E-state index contributed by atoms with van der Waals surface area (Å²) in [5.41, 5.74) is 0. The molecule has 0 saturated heterocycles. The molecule has 0 saturated carbocycles. The maximum Gasteiger partial charge on any atom is 0.326 e. The maximum atomic E-state index is 13.2. The first-order chi connectivity index (χ1) is 26.0. The van der Waals surface area contributed by atoms with E-state index in [-0.39, 0.29) is 6.42 Å². The van der Waals surface area contributed by atoms with E-state index in [1.807, 2.05) is 5.32 Å². The van der Waals surface area contributed by atoms with E-state index in [0.29, 0.717) is 0 Å². The number of hydrogen-bond acceptors (Lipinski definition) is 18. The number of carbonyl (C=O) groups excluding carboxylic acids is 6. The Balaban J connectivity index is 6.03. The van der Waals surface area contributed by atoms with Gasteiger partial charge in [-0.1, -0.05) is 13.8 Å². The fourth-order valence-corrected chi connectivity index (χ4v) is 4.80. The SMILES string of the molecule is CCC(=O)CC(NC(=O)C(CC(=O)O)CC(=O)CC(NC(=O)C(C)CC(=O)NCC(O)C(O)C(O)C(O)CO)C(=O)NCC(O)C(O)C(O)C(O)CO)C(=O)O. The summed E-state index contributed by atoms with van der Waals surface area (Å²) in [5, 5.41) is 124. The molecule has 4 amide bonds. The molecule has 0 aliphatic rings. The van der Waals surface area contributed by atoms with Crippen LogP contribution in [0.3, 0.4) is 0 Å². The van der Waals surface area contributed by atoms with E-state index in [0.717, 1.165) is 0 Å². The van der Waals surface area contributed by atoms with Crippen molar-refractivity contribution in [3.63, 3.8) is 0 Å². The van der Waals surface area contributed by atoms with Crippen molar-refractivity contribution in [3.8, 4) is 0 Å². The fourth-order valence-electron chi connectivity index (χ4n) is 4.80. The van der Waals surface area contributed by atoms with Crippen molar-refractivity contribution in [1.29, 1.82) is 0 Å². The number of carboxylic acid groups (broad SMARTS) is 2. The Morgan fingerprint density at radius 2 is 0.964 bits per heavy atom. The minimum atomic E-state index is -2.13. The van der Waals surface area contributed by atoms with Crippen LogP contribution in [0.2, 0.25) is 0 Å². The second kappa shape index (κ2) is 25.8. The van der Waals surface area contributed by atoms with Gasteiger partial charge >= 0.3 is 11.9 Å². The van der Waals surface area contributed by atoms with E-state index >= 15 is 0 Å². The summed E-state index contributed by atoms with van der Waals surface area (Å²) >= 11 is 0. The molecule has 0 aromatic carbocycles. The van der Waals surface area contributed by atoms with Gasteiger partial charge in [0.05, 0.1) is 37.8 Å². The average Bonchev–Trinajstić information content (AvgIpc) is 3.15. The van der Waals surface area contributed by atoms with Crippen LogP contribution in [-0.4, -0.2) is 196 Å². The quantitative estimate of drug-likeness (QED) is 0.0333. The van der Waals surface area contributed by atoms with Crippen molar-refractivity contribution >= 4 is 47.1 Å².